The summed E-state index contributed by atoms with van der Waals surface area (Å²) in [5.74, 6) is -0.544. The lowest BCUT2D eigenvalue weighted by Gasteiger charge is -2.16. The Balaban J connectivity index is 2.15. The number of rotatable bonds is 5. The predicted octanol–water partition coefficient (Wildman–Crippen LogP) is 4.38. The number of carbonyl (C=O) groups is 1. The highest BCUT2D eigenvalue weighted by Gasteiger charge is 2.21. The van der Waals surface area contributed by atoms with Crippen LogP contribution in [0.25, 0.3) is 0 Å². The van der Waals surface area contributed by atoms with Gasteiger partial charge in [-0.15, -0.1) is 0 Å². The molecule has 0 radical (unpaired) electrons. The Morgan fingerprint density at radius 3 is 2.33 bits per heavy atom. The molecular weight excluding hydrogens is 311 g/mol. The minimum absolute atomic E-state index is 0.265. The molecule has 5 heteroatoms. The van der Waals surface area contributed by atoms with E-state index in [2.05, 4.69) is 0 Å². The van der Waals surface area contributed by atoms with Crippen LogP contribution < -0.4 is 4.74 Å². The Kier molecular flexibility index (Phi) is 5.10. The zero-order chi connectivity index (χ0) is 15.4. The number of aryl methyl sites for hydroxylation is 1. The van der Waals surface area contributed by atoms with Crippen LogP contribution in [0.2, 0.25) is 10.0 Å². The molecular formula is C16H14Cl2O3. The molecule has 0 amide bonds. The minimum atomic E-state index is -1.01. The number of benzene rings is 2. The molecule has 1 atom stereocenters. The lowest BCUT2D eigenvalue weighted by molar-refractivity contribution is -0.145. The summed E-state index contributed by atoms with van der Waals surface area (Å²) in [6, 6.07) is 12.0. The van der Waals surface area contributed by atoms with E-state index in [0.717, 1.165) is 11.1 Å². The van der Waals surface area contributed by atoms with Gasteiger partial charge in [0.05, 0.1) is 0 Å². The smallest absolute Gasteiger partial charge is 0.345 e. The molecule has 0 aromatic heterocycles. The van der Waals surface area contributed by atoms with E-state index in [-0.39, 0.29) is 6.42 Å². The van der Waals surface area contributed by atoms with Crippen molar-refractivity contribution in [3.8, 4) is 5.75 Å². The molecule has 0 spiro atoms. The average Bonchev–Trinajstić information content (AvgIpc) is 2.43. The van der Waals surface area contributed by atoms with Gasteiger partial charge in [0.25, 0.3) is 0 Å². The van der Waals surface area contributed by atoms with Crippen molar-refractivity contribution in [2.24, 2.45) is 0 Å². The third kappa shape index (κ3) is 4.38. The lowest BCUT2D eigenvalue weighted by Crippen LogP contribution is -2.29. The first kappa shape index (κ1) is 15.7. The van der Waals surface area contributed by atoms with Crippen LogP contribution in [-0.4, -0.2) is 17.2 Å². The predicted molar refractivity (Wildman–Crippen MR) is 83.4 cm³/mol. The molecule has 3 nitrogen and oxygen atoms in total. The maximum Gasteiger partial charge on any atom is 0.345 e. The van der Waals surface area contributed by atoms with Gasteiger partial charge in [0.2, 0.25) is 0 Å². The summed E-state index contributed by atoms with van der Waals surface area (Å²) in [6.45, 7) is 1.89. The first-order chi connectivity index (χ1) is 9.95. The molecule has 0 fully saturated rings. The molecule has 0 heterocycles. The van der Waals surface area contributed by atoms with Crippen LogP contribution in [0.3, 0.4) is 0 Å². The van der Waals surface area contributed by atoms with Gasteiger partial charge in [-0.05, 0) is 54.4 Å². The Labute approximate surface area is 133 Å². The molecule has 2 rings (SSSR count). The van der Waals surface area contributed by atoms with E-state index in [1.807, 2.05) is 13.0 Å². The van der Waals surface area contributed by atoms with Crippen LogP contribution in [0.4, 0.5) is 0 Å². The van der Waals surface area contributed by atoms with E-state index in [1.54, 1.807) is 36.4 Å². The topological polar surface area (TPSA) is 46.5 Å². The molecule has 0 aliphatic carbocycles. The number of carboxylic acids is 1. The van der Waals surface area contributed by atoms with Crippen molar-refractivity contribution >= 4 is 29.2 Å². The van der Waals surface area contributed by atoms with Crippen molar-refractivity contribution in [1.82, 2.24) is 0 Å². The van der Waals surface area contributed by atoms with Gasteiger partial charge in [0, 0.05) is 16.5 Å². The van der Waals surface area contributed by atoms with E-state index >= 15 is 0 Å². The lowest BCUT2D eigenvalue weighted by atomic mass is 10.0. The molecule has 0 bridgehead atoms. The highest BCUT2D eigenvalue weighted by atomic mass is 35.5. The summed E-state index contributed by atoms with van der Waals surface area (Å²) >= 11 is 11.7. The second-order valence-corrected chi connectivity index (χ2v) is 5.55. The second kappa shape index (κ2) is 6.83. The maximum absolute atomic E-state index is 11.4. The first-order valence-electron chi connectivity index (χ1n) is 6.36. The van der Waals surface area contributed by atoms with Crippen molar-refractivity contribution in [1.29, 1.82) is 0 Å². The average molecular weight is 325 g/mol. The zero-order valence-corrected chi connectivity index (χ0v) is 12.9. The Hall–Kier alpha value is -1.71. The van der Waals surface area contributed by atoms with Crippen molar-refractivity contribution in [3.63, 3.8) is 0 Å². The zero-order valence-electron chi connectivity index (χ0n) is 11.3. The van der Waals surface area contributed by atoms with Gasteiger partial charge in [0.15, 0.2) is 6.10 Å². The number of halogens is 2. The van der Waals surface area contributed by atoms with E-state index in [4.69, 9.17) is 27.9 Å². The molecule has 2 aromatic carbocycles. The van der Waals surface area contributed by atoms with Gasteiger partial charge in [-0.1, -0.05) is 29.3 Å². The minimum Gasteiger partial charge on any atom is -0.478 e. The third-order valence-corrected chi connectivity index (χ3v) is 3.56. The summed E-state index contributed by atoms with van der Waals surface area (Å²) in [5.41, 5.74) is 1.83. The van der Waals surface area contributed by atoms with E-state index in [0.29, 0.717) is 15.8 Å². The molecule has 21 heavy (non-hydrogen) atoms. The molecule has 0 unspecified atom stereocenters. The molecule has 0 saturated heterocycles. The van der Waals surface area contributed by atoms with Crippen molar-refractivity contribution in [3.05, 3.63) is 63.6 Å². The van der Waals surface area contributed by atoms with Gasteiger partial charge >= 0.3 is 5.97 Å². The molecule has 110 valence electrons. The fourth-order valence-electron chi connectivity index (χ4n) is 1.94. The number of aliphatic carboxylic acids is 1. The largest absolute Gasteiger partial charge is 0.478 e. The molecule has 0 aliphatic heterocycles. The summed E-state index contributed by atoms with van der Waals surface area (Å²) in [5, 5.41) is 10.5. The highest BCUT2D eigenvalue weighted by Crippen LogP contribution is 2.21. The quantitative estimate of drug-likeness (QED) is 0.887. The Morgan fingerprint density at radius 2 is 1.76 bits per heavy atom. The number of hydrogen-bond acceptors (Lipinski definition) is 2. The standard InChI is InChI=1S/C16H14Cl2O3/c1-10-8-13(18)3-2-11(10)9-15(16(19)20)21-14-6-4-12(17)5-7-14/h2-8,15H,9H2,1H3,(H,19,20)/t15-/m0/s1. The highest BCUT2D eigenvalue weighted by molar-refractivity contribution is 6.30. The van der Waals surface area contributed by atoms with Gasteiger partial charge in [-0.2, -0.15) is 0 Å². The fraction of sp³-hybridized carbons (Fsp3) is 0.188. The van der Waals surface area contributed by atoms with Crippen LogP contribution >= 0.6 is 23.2 Å². The van der Waals surface area contributed by atoms with Crippen LogP contribution in [0.5, 0.6) is 5.75 Å². The van der Waals surface area contributed by atoms with Crippen LogP contribution in [0.15, 0.2) is 42.5 Å². The summed E-state index contributed by atoms with van der Waals surface area (Å²) < 4.78 is 5.53. The normalized spacial score (nSPS) is 12.0. The molecule has 2 aromatic rings. The van der Waals surface area contributed by atoms with E-state index in [1.165, 1.54) is 0 Å². The number of hydrogen-bond donors (Lipinski definition) is 1. The van der Waals surface area contributed by atoms with E-state index < -0.39 is 12.1 Å². The van der Waals surface area contributed by atoms with Gasteiger partial charge in [-0.3, -0.25) is 0 Å². The molecule has 0 saturated carbocycles. The number of ether oxygens (including phenoxy) is 1. The SMILES string of the molecule is Cc1cc(Cl)ccc1C[C@H](Oc1ccc(Cl)cc1)C(=O)O. The maximum atomic E-state index is 11.4. The van der Waals surface area contributed by atoms with Crippen molar-refractivity contribution < 1.29 is 14.6 Å². The van der Waals surface area contributed by atoms with Crippen molar-refractivity contribution in [2.75, 3.05) is 0 Å². The van der Waals surface area contributed by atoms with E-state index in [9.17, 15) is 9.90 Å². The van der Waals surface area contributed by atoms with Crippen LogP contribution in [0, 0.1) is 6.92 Å². The Bertz CT molecular complexity index is 638. The van der Waals surface area contributed by atoms with Crippen molar-refractivity contribution in [2.45, 2.75) is 19.4 Å². The summed E-state index contributed by atoms with van der Waals surface area (Å²) in [4.78, 5) is 11.4. The van der Waals surface area contributed by atoms with Crippen LogP contribution in [-0.2, 0) is 11.2 Å². The number of carboxylic acid groups (broad SMARTS) is 1. The first-order valence-corrected chi connectivity index (χ1v) is 7.11. The van der Waals surface area contributed by atoms with Crippen LogP contribution in [0.1, 0.15) is 11.1 Å². The Morgan fingerprint density at radius 1 is 1.14 bits per heavy atom. The van der Waals surface area contributed by atoms with Gasteiger partial charge < -0.3 is 9.84 Å². The monoisotopic (exact) mass is 324 g/mol. The summed E-state index contributed by atoms with van der Waals surface area (Å²) in [6.07, 6.45) is -0.702. The fourth-order valence-corrected chi connectivity index (χ4v) is 2.30. The van der Waals surface area contributed by atoms with Gasteiger partial charge in [0.1, 0.15) is 5.75 Å². The molecule has 0 aliphatic rings. The molecule has 1 N–H and O–H groups in total. The second-order valence-electron chi connectivity index (χ2n) is 4.67. The van der Waals surface area contributed by atoms with Gasteiger partial charge in [-0.25, -0.2) is 4.79 Å². The third-order valence-electron chi connectivity index (χ3n) is 3.08. The summed E-state index contributed by atoms with van der Waals surface area (Å²) in [7, 11) is 0.